The molecule has 5 heteroatoms. The van der Waals surface area contributed by atoms with Crippen molar-refractivity contribution in [3.8, 4) is 0 Å². The number of carboxylic acids is 1. The smallest absolute Gasteiger partial charge is 0.303 e. The van der Waals surface area contributed by atoms with Crippen molar-refractivity contribution in [1.82, 2.24) is 5.32 Å². The van der Waals surface area contributed by atoms with Gasteiger partial charge in [-0.25, -0.2) is 0 Å². The Morgan fingerprint density at radius 3 is 2.80 bits per heavy atom. The van der Waals surface area contributed by atoms with Gasteiger partial charge in [-0.2, -0.15) is 0 Å². The van der Waals surface area contributed by atoms with Crippen molar-refractivity contribution in [2.45, 2.75) is 25.8 Å². The van der Waals surface area contributed by atoms with Crippen LogP contribution in [0.25, 0.3) is 0 Å². The van der Waals surface area contributed by atoms with Crippen LogP contribution in [0.15, 0.2) is 17.5 Å². The largest absolute Gasteiger partial charge is 0.481 e. The standard InChI is InChI=1S/C10H13NO3S/c1-7(12)11-8(4-5-10(13)14)9-3-2-6-15-9/h2-3,6,8H,4-5H2,1H3,(H,11,12)(H,13,14). The zero-order chi connectivity index (χ0) is 11.3. The molecule has 0 aliphatic rings. The Labute approximate surface area is 91.9 Å². The van der Waals surface area contributed by atoms with E-state index in [9.17, 15) is 9.59 Å². The molecule has 82 valence electrons. The van der Waals surface area contributed by atoms with Gasteiger partial charge in [0.05, 0.1) is 6.04 Å². The Morgan fingerprint density at radius 1 is 1.60 bits per heavy atom. The van der Waals surface area contributed by atoms with Gasteiger partial charge < -0.3 is 10.4 Å². The maximum absolute atomic E-state index is 10.9. The summed E-state index contributed by atoms with van der Waals surface area (Å²) in [4.78, 5) is 22.4. The number of carbonyl (C=O) groups excluding carboxylic acids is 1. The molecule has 1 unspecified atom stereocenters. The highest BCUT2D eigenvalue weighted by Gasteiger charge is 2.14. The summed E-state index contributed by atoms with van der Waals surface area (Å²) < 4.78 is 0. The summed E-state index contributed by atoms with van der Waals surface area (Å²) in [5.74, 6) is -0.985. The highest BCUT2D eigenvalue weighted by molar-refractivity contribution is 7.10. The molecular formula is C10H13NO3S. The molecule has 4 nitrogen and oxygen atoms in total. The van der Waals surface area contributed by atoms with Crippen molar-refractivity contribution in [3.63, 3.8) is 0 Å². The van der Waals surface area contributed by atoms with Gasteiger partial charge in [-0.3, -0.25) is 9.59 Å². The van der Waals surface area contributed by atoms with Crippen LogP contribution in [0.4, 0.5) is 0 Å². The van der Waals surface area contributed by atoms with Crippen LogP contribution in [-0.2, 0) is 9.59 Å². The molecule has 0 saturated carbocycles. The second kappa shape index (κ2) is 5.50. The molecule has 15 heavy (non-hydrogen) atoms. The zero-order valence-corrected chi connectivity index (χ0v) is 9.21. The predicted octanol–water partition coefficient (Wildman–Crippen LogP) is 1.79. The third kappa shape index (κ3) is 4.12. The summed E-state index contributed by atoms with van der Waals surface area (Å²) in [6, 6.07) is 3.60. The number of thiophene rings is 1. The second-order valence-electron chi connectivity index (χ2n) is 3.20. The third-order valence-electron chi connectivity index (χ3n) is 1.91. The van der Waals surface area contributed by atoms with Crippen molar-refractivity contribution >= 4 is 23.2 Å². The lowest BCUT2D eigenvalue weighted by Crippen LogP contribution is -2.25. The highest BCUT2D eigenvalue weighted by atomic mass is 32.1. The van der Waals surface area contributed by atoms with Crippen LogP contribution in [0.3, 0.4) is 0 Å². The van der Waals surface area contributed by atoms with Gasteiger partial charge >= 0.3 is 5.97 Å². The molecule has 1 aromatic heterocycles. The number of hydrogen-bond acceptors (Lipinski definition) is 3. The van der Waals surface area contributed by atoms with E-state index in [2.05, 4.69) is 5.32 Å². The molecule has 1 amide bonds. The van der Waals surface area contributed by atoms with E-state index in [-0.39, 0.29) is 18.4 Å². The Kier molecular flexibility index (Phi) is 4.30. The van der Waals surface area contributed by atoms with Gasteiger partial charge in [0.2, 0.25) is 5.91 Å². The molecule has 0 aromatic carbocycles. The molecule has 0 bridgehead atoms. The maximum atomic E-state index is 10.9. The molecule has 1 atom stereocenters. The van der Waals surface area contributed by atoms with Crippen molar-refractivity contribution in [3.05, 3.63) is 22.4 Å². The van der Waals surface area contributed by atoms with Crippen LogP contribution in [-0.4, -0.2) is 17.0 Å². The first-order valence-electron chi connectivity index (χ1n) is 4.62. The van der Waals surface area contributed by atoms with Crippen molar-refractivity contribution in [1.29, 1.82) is 0 Å². The fourth-order valence-electron chi connectivity index (χ4n) is 1.29. The SMILES string of the molecule is CC(=O)NC(CCC(=O)O)c1cccs1. The average Bonchev–Trinajstić information content (AvgIpc) is 2.63. The fraction of sp³-hybridized carbons (Fsp3) is 0.400. The quantitative estimate of drug-likeness (QED) is 0.806. The van der Waals surface area contributed by atoms with Crippen molar-refractivity contribution in [2.24, 2.45) is 0 Å². The normalized spacial score (nSPS) is 12.1. The van der Waals surface area contributed by atoms with Gasteiger partial charge in [0.15, 0.2) is 0 Å². The van der Waals surface area contributed by atoms with E-state index < -0.39 is 5.97 Å². The molecule has 2 N–H and O–H groups in total. The number of hydrogen-bond donors (Lipinski definition) is 2. The number of nitrogens with one attached hydrogen (secondary N) is 1. The fourth-order valence-corrected chi connectivity index (χ4v) is 2.10. The minimum absolute atomic E-state index is 0.0584. The first-order valence-corrected chi connectivity index (χ1v) is 5.50. The van der Waals surface area contributed by atoms with Crippen LogP contribution >= 0.6 is 11.3 Å². The lowest BCUT2D eigenvalue weighted by Gasteiger charge is -2.14. The Bertz CT molecular complexity index is 334. The minimum Gasteiger partial charge on any atom is -0.481 e. The molecule has 0 fully saturated rings. The summed E-state index contributed by atoms with van der Waals surface area (Å²) in [6.45, 7) is 1.43. The highest BCUT2D eigenvalue weighted by Crippen LogP contribution is 2.23. The number of rotatable bonds is 5. The van der Waals surface area contributed by atoms with E-state index in [1.807, 2.05) is 17.5 Å². The molecule has 1 rings (SSSR count). The van der Waals surface area contributed by atoms with Gasteiger partial charge in [-0.1, -0.05) is 6.07 Å². The van der Waals surface area contributed by atoms with Gasteiger partial charge in [-0.05, 0) is 17.9 Å². The van der Waals surface area contributed by atoms with Crippen LogP contribution in [0, 0.1) is 0 Å². The van der Waals surface area contributed by atoms with E-state index in [0.717, 1.165) is 4.88 Å². The lowest BCUT2D eigenvalue weighted by molar-refractivity contribution is -0.137. The number of carboxylic acid groups (broad SMARTS) is 1. The average molecular weight is 227 g/mol. The van der Waals surface area contributed by atoms with Gasteiger partial charge in [-0.15, -0.1) is 11.3 Å². The van der Waals surface area contributed by atoms with Gasteiger partial charge in [0.1, 0.15) is 0 Å². The molecule has 0 radical (unpaired) electrons. The summed E-state index contributed by atoms with van der Waals surface area (Å²) in [6.07, 6.45) is 0.484. The number of aliphatic carboxylic acids is 1. The van der Waals surface area contributed by atoms with E-state index >= 15 is 0 Å². The molecular weight excluding hydrogens is 214 g/mol. The van der Waals surface area contributed by atoms with Crippen LogP contribution in [0.5, 0.6) is 0 Å². The van der Waals surface area contributed by atoms with E-state index in [0.29, 0.717) is 6.42 Å². The Hall–Kier alpha value is -1.36. The Morgan fingerprint density at radius 2 is 2.33 bits per heavy atom. The molecule has 0 spiro atoms. The molecule has 0 saturated heterocycles. The van der Waals surface area contributed by atoms with Gasteiger partial charge in [0, 0.05) is 18.2 Å². The van der Waals surface area contributed by atoms with Crippen molar-refractivity contribution in [2.75, 3.05) is 0 Å². The molecule has 0 aliphatic heterocycles. The van der Waals surface area contributed by atoms with E-state index in [1.54, 1.807) is 0 Å². The minimum atomic E-state index is -0.845. The first-order chi connectivity index (χ1) is 7.09. The Balaban J connectivity index is 2.61. The number of carbonyl (C=O) groups is 2. The lowest BCUT2D eigenvalue weighted by atomic mass is 10.1. The summed E-state index contributed by atoms with van der Waals surface area (Å²) in [5.41, 5.74) is 0. The second-order valence-corrected chi connectivity index (χ2v) is 4.18. The monoisotopic (exact) mass is 227 g/mol. The zero-order valence-electron chi connectivity index (χ0n) is 8.40. The third-order valence-corrected chi connectivity index (χ3v) is 2.90. The van der Waals surface area contributed by atoms with Gasteiger partial charge in [0.25, 0.3) is 0 Å². The van der Waals surface area contributed by atoms with Crippen LogP contribution in [0.1, 0.15) is 30.7 Å². The topological polar surface area (TPSA) is 66.4 Å². The first kappa shape index (κ1) is 11.7. The summed E-state index contributed by atoms with van der Waals surface area (Å²) in [5, 5.41) is 13.2. The predicted molar refractivity (Wildman–Crippen MR) is 57.7 cm³/mol. The number of amides is 1. The van der Waals surface area contributed by atoms with Crippen LogP contribution in [0.2, 0.25) is 0 Å². The van der Waals surface area contributed by atoms with E-state index in [4.69, 9.17) is 5.11 Å². The van der Waals surface area contributed by atoms with Crippen LogP contribution < -0.4 is 5.32 Å². The van der Waals surface area contributed by atoms with Crippen molar-refractivity contribution < 1.29 is 14.7 Å². The summed E-state index contributed by atoms with van der Waals surface area (Å²) in [7, 11) is 0. The summed E-state index contributed by atoms with van der Waals surface area (Å²) >= 11 is 1.52. The molecule has 1 aromatic rings. The molecule has 1 heterocycles. The molecule has 0 aliphatic carbocycles. The van der Waals surface area contributed by atoms with E-state index in [1.165, 1.54) is 18.3 Å². The maximum Gasteiger partial charge on any atom is 0.303 e.